The third kappa shape index (κ3) is 2.01. The van der Waals surface area contributed by atoms with E-state index in [1.165, 1.54) is 19.1 Å². The van der Waals surface area contributed by atoms with Crippen LogP contribution in [0.1, 0.15) is 33.1 Å². The number of ether oxygens (including phenoxy) is 1. The van der Waals surface area contributed by atoms with Gasteiger partial charge in [-0.25, -0.2) is 13.2 Å². The molecule has 0 amide bonds. The van der Waals surface area contributed by atoms with Crippen molar-refractivity contribution in [2.24, 2.45) is 23.2 Å². The molecular weight excluding hydrogens is 405 g/mol. The second-order valence-corrected chi connectivity index (χ2v) is 10.2. The molecule has 1 spiro atoms. The zero-order valence-electron chi connectivity index (χ0n) is 16.2. The number of epoxide rings is 1. The van der Waals surface area contributed by atoms with E-state index >= 15 is 8.78 Å². The van der Waals surface area contributed by atoms with Crippen LogP contribution in [0, 0.1) is 23.2 Å². The summed E-state index contributed by atoms with van der Waals surface area (Å²) in [5.41, 5.74) is -5.89. The highest BCUT2D eigenvalue weighted by atomic mass is 32.2. The van der Waals surface area contributed by atoms with Crippen molar-refractivity contribution in [2.75, 3.05) is 6.01 Å². The van der Waals surface area contributed by atoms with Gasteiger partial charge >= 0.3 is 0 Å². The van der Waals surface area contributed by atoms with Crippen LogP contribution in [-0.4, -0.2) is 51.2 Å². The summed E-state index contributed by atoms with van der Waals surface area (Å²) in [4.78, 5) is 24.5. The van der Waals surface area contributed by atoms with E-state index in [1.807, 2.05) is 6.92 Å². The van der Waals surface area contributed by atoms with Gasteiger partial charge in [0.15, 0.2) is 17.1 Å². The quantitative estimate of drug-likeness (QED) is 0.684. The molecule has 4 nitrogen and oxygen atoms in total. The van der Waals surface area contributed by atoms with Gasteiger partial charge in [0.05, 0.1) is 6.10 Å². The molecule has 1 heterocycles. The van der Waals surface area contributed by atoms with Crippen molar-refractivity contribution in [3.05, 3.63) is 23.8 Å². The average Bonchev–Trinajstić information content (AvgIpc) is 3.27. The van der Waals surface area contributed by atoms with Gasteiger partial charge in [-0.3, -0.25) is 9.59 Å². The number of aliphatic hydroxyl groups is 1. The van der Waals surface area contributed by atoms with Crippen LogP contribution in [0.15, 0.2) is 23.8 Å². The average molecular weight is 428 g/mol. The van der Waals surface area contributed by atoms with Crippen LogP contribution in [0.5, 0.6) is 0 Å². The number of rotatable bonds is 2. The lowest BCUT2D eigenvalue weighted by Gasteiger charge is -2.59. The van der Waals surface area contributed by atoms with E-state index in [1.54, 1.807) is 0 Å². The highest BCUT2D eigenvalue weighted by Gasteiger charge is 2.88. The summed E-state index contributed by atoms with van der Waals surface area (Å²) < 4.78 is 50.9. The molecule has 5 rings (SSSR count). The zero-order chi connectivity index (χ0) is 21.0. The summed E-state index contributed by atoms with van der Waals surface area (Å²) in [6.45, 7) is 3.35. The van der Waals surface area contributed by atoms with Crippen LogP contribution in [0.3, 0.4) is 0 Å². The van der Waals surface area contributed by atoms with E-state index in [0.29, 0.717) is 18.2 Å². The van der Waals surface area contributed by atoms with Crippen molar-refractivity contribution in [3.8, 4) is 0 Å². The summed E-state index contributed by atoms with van der Waals surface area (Å²) in [6, 6.07) is -0.881. The molecule has 0 radical (unpaired) electrons. The Bertz CT molecular complexity index is 876. The Morgan fingerprint density at radius 1 is 1.38 bits per heavy atom. The Morgan fingerprint density at radius 3 is 2.79 bits per heavy atom. The Balaban J connectivity index is 1.60. The summed E-state index contributed by atoms with van der Waals surface area (Å²) in [7, 11) is 0. The van der Waals surface area contributed by atoms with Crippen molar-refractivity contribution in [2.45, 2.75) is 62.3 Å². The Kier molecular flexibility index (Phi) is 3.94. The van der Waals surface area contributed by atoms with E-state index in [0.717, 1.165) is 6.08 Å². The molecule has 29 heavy (non-hydrogen) atoms. The molecule has 1 aliphatic heterocycles. The molecule has 5 aliphatic rings. The second kappa shape index (κ2) is 5.77. The Morgan fingerprint density at radius 2 is 2.10 bits per heavy atom. The lowest BCUT2D eigenvalue weighted by molar-refractivity contribution is -0.187. The highest BCUT2D eigenvalue weighted by molar-refractivity contribution is 8.13. The molecule has 9 atom stereocenters. The molecule has 3 saturated carbocycles. The van der Waals surface area contributed by atoms with Gasteiger partial charge in [-0.05, 0) is 49.3 Å². The normalized spacial score (nSPS) is 54.8. The van der Waals surface area contributed by atoms with E-state index in [9.17, 15) is 19.1 Å². The van der Waals surface area contributed by atoms with E-state index in [-0.39, 0.29) is 24.3 Å². The molecule has 0 aromatic rings. The van der Waals surface area contributed by atoms with Crippen LogP contribution in [0.2, 0.25) is 0 Å². The van der Waals surface area contributed by atoms with Crippen LogP contribution < -0.4 is 0 Å². The van der Waals surface area contributed by atoms with Crippen molar-refractivity contribution in [1.29, 1.82) is 0 Å². The number of allylic oxidation sites excluding steroid dienone is 4. The number of thioether (sulfide) groups is 1. The topological polar surface area (TPSA) is 66.9 Å². The van der Waals surface area contributed by atoms with Crippen LogP contribution in [0.25, 0.3) is 0 Å². The number of hydrogen-bond acceptors (Lipinski definition) is 5. The first-order valence-electron chi connectivity index (χ1n) is 9.98. The number of fused-ring (bicyclic) bond motifs is 4. The maximum Gasteiger partial charge on any atom is 0.226 e. The number of carbonyl (C=O) groups is 2. The molecule has 8 heteroatoms. The minimum absolute atomic E-state index is 0.0665. The highest BCUT2D eigenvalue weighted by Crippen LogP contribution is 2.76. The standard InChI is InChI=1S/C21H23F3O4S/c1-10-5-12-13-7-15(23)14-6-11(25)3-4-18(14,2)20(13,24)16(26)8-19(12)21(10,28-19)17(27)29-9-22/h3-4,6,10,12-13,15-16,26H,5,7-9H2,1-2H3/t10-,12+,13?,15+,16?,18?,19?,20+,21+/m1/s1. The number of alkyl halides is 3. The monoisotopic (exact) mass is 428 g/mol. The van der Waals surface area contributed by atoms with Gasteiger partial charge in [0.1, 0.15) is 17.8 Å². The number of carbonyl (C=O) groups excluding carboxylic acids is 2. The fourth-order valence-electron chi connectivity index (χ4n) is 7.13. The van der Waals surface area contributed by atoms with Crippen molar-refractivity contribution < 1.29 is 32.6 Å². The van der Waals surface area contributed by atoms with Gasteiger partial charge in [0.25, 0.3) is 0 Å². The number of halogens is 3. The lowest BCUT2D eigenvalue weighted by Crippen LogP contribution is -2.68. The molecule has 4 aliphatic carbocycles. The molecule has 4 fully saturated rings. The smallest absolute Gasteiger partial charge is 0.226 e. The first-order chi connectivity index (χ1) is 13.6. The van der Waals surface area contributed by atoms with Gasteiger partial charge < -0.3 is 9.84 Å². The second-order valence-electron chi connectivity index (χ2n) is 9.35. The SMILES string of the molecule is C[C@@H]1C[C@H]2C3C[C@H](F)C4=CC(=O)C=CC4(C)[C@@]3(F)C(O)CC23O[C@]13C(=O)SCF. The molecule has 0 bridgehead atoms. The molecule has 0 aromatic heterocycles. The van der Waals surface area contributed by atoms with Crippen LogP contribution in [-0.2, 0) is 14.3 Å². The first kappa shape index (κ1) is 19.8. The van der Waals surface area contributed by atoms with Crippen molar-refractivity contribution in [3.63, 3.8) is 0 Å². The maximum atomic E-state index is 16.8. The molecule has 158 valence electrons. The third-order valence-electron chi connectivity index (χ3n) is 8.40. The minimum Gasteiger partial charge on any atom is -0.390 e. The molecule has 0 aromatic carbocycles. The van der Waals surface area contributed by atoms with E-state index in [2.05, 4.69) is 0 Å². The van der Waals surface area contributed by atoms with Gasteiger partial charge in [0, 0.05) is 17.8 Å². The molecule has 4 unspecified atom stereocenters. The third-order valence-corrected chi connectivity index (χ3v) is 9.07. The van der Waals surface area contributed by atoms with Crippen molar-refractivity contribution >= 4 is 22.7 Å². The summed E-state index contributed by atoms with van der Waals surface area (Å²) in [5, 5.41) is 10.6. The minimum atomic E-state index is -2.19. The van der Waals surface area contributed by atoms with Gasteiger partial charge in [-0.15, -0.1) is 0 Å². The fourth-order valence-corrected chi connectivity index (χ4v) is 7.86. The summed E-state index contributed by atoms with van der Waals surface area (Å²) in [5.74, 6) is -2.01. The molecular formula is C21H23F3O4S. The number of ketones is 1. The van der Waals surface area contributed by atoms with Gasteiger partial charge in [-0.2, -0.15) is 0 Å². The summed E-state index contributed by atoms with van der Waals surface area (Å²) in [6.07, 6.45) is 0.904. The maximum absolute atomic E-state index is 16.8. The number of hydrogen-bond donors (Lipinski definition) is 1. The predicted octanol–water partition coefficient (Wildman–Crippen LogP) is 3.24. The molecule has 1 saturated heterocycles. The number of aliphatic hydroxyl groups excluding tert-OH is 1. The van der Waals surface area contributed by atoms with Gasteiger partial charge in [0.2, 0.25) is 5.12 Å². The van der Waals surface area contributed by atoms with Crippen LogP contribution >= 0.6 is 11.8 Å². The van der Waals surface area contributed by atoms with Gasteiger partial charge in [-0.1, -0.05) is 24.8 Å². The molecule has 1 N–H and O–H groups in total. The lowest BCUT2D eigenvalue weighted by atomic mass is 9.47. The van der Waals surface area contributed by atoms with Crippen LogP contribution in [0.4, 0.5) is 13.2 Å². The fraction of sp³-hybridized carbons (Fsp3) is 0.714. The Hall–Kier alpha value is -1.12. The summed E-state index contributed by atoms with van der Waals surface area (Å²) >= 11 is 0.533. The first-order valence-corrected chi connectivity index (χ1v) is 11.0. The predicted molar refractivity (Wildman–Crippen MR) is 100 cm³/mol. The Labute approximate surface area is 170 Å². The van der Waals surface area contributed by atoms with E-state index in [4.69, 9.17) is 4.74 Å². The van der Waals surface area contributed by atoms with E-state index < -0.39 is 63.3 Å². The zero-order valence-corrected chi connectivity index (χ0v) is 17.0. The van der Waals surface area contributed by atoms with Crippen molar-refractivity contribution in [1.82, 2.24) is 0 Å². The largest absolute Gasteiger partial charge is 0.390 e.